The van der Waals surface area contributed by atoms with E-state index in [2.05, 4.69) is 51.3 Å². The second-order valence-corrected chi connectivity index (χ2v) is 6.56. The highest BCUT2D eigenvalue weighted by Crippen LogP contribution is 2.32. The molecule has 4 rings (SSSR count). The van der Waals surface area contributed by atoms with Gasteiger partial charge in [0.15, 0.2) is 5.82 Å². The first-order valence-corrected chi connectivity index (χ1v) is 8.35. The van der Waals surface area contributed by atoms with Crippen molar-refractivity contribution >= 4 is 10.9 Å². The van der Waals surface area contributed by atoms with Crippen molar-refractivity contribution in [3.8, 4) is 0 Å². The van der Waals surface area contributed by atoms with Gasteiger partial charge in [0.1, 0.15) is 0 Å². The molecule has 1 aliphatic rings. The van der Waals surface area contributed by atoms with Crippen molar-refractivity contribution in [1.29, 1.82) is 0 Å². The molecule has 1 N–H and O–H groups in total. The van der Waals surface area contributed by atoms with Gasteiger partial charge in [-0.2, -0.15) is 4.98 Å². The fourth-order valence-corrected chi connectivity index (χ4v) is 3.54. The van der Waals surface area contributed by atoms with Crippen molar-refractivity contribution in [2.24, 2.45) is 0 Å². The van der Waals surface area contributed by atoms with Crippen LogP contribution in [-0.4, -0.2) is 27.1 Å². The summed E-state index contributed by atoms with van der Waals surface area (Å²) in [6.07, 6.45) is 6.92. The fourth-order valence-electron chi connectivity index (χ4n) is 3.54. The zero-order valence-electron chi connectivity index (χ0n) is 13.5. The highest BCUT2D eigenvalue weighted by molar-refractivity contribution is 5.82. The van der Waals surface area contributed by atoms with Crippen molar-refractivity contribution in [2.45, 2.75) is 44.7 Å². The summed E-state index contributed by atoms with van der Waals surface area (Å²) in [5.74, 6) is 2.10. The number of aromatic nitrogens is 3. The van der Waals surface area contributed by atoms with Crippen LogP contribution in [0.5, 0.6) is 0 Å². The molecule has 1 fully saturated rings. The maximum Gasteiger partial charge on any atom is 0.229 e. The molecule has 1 aliphatic carbocycles. The smallest absolute Gasteiger partial charge is 0.229 e. The second kappa shape index (κ2) is 6.16. The lowest BCUT2D eigenvalue weighted by Gasteiger charge is -2.15. The van der Waals surface area contributed by atoms with Gasteiger partial charge < -0.3 is 9.51 Å². The van der Waals surface area contributed by atoms with Gasteiger partial charge in [-0.25, -0.2) is 0 Å². The topological polar surface area (TPSA) is 58.0 Å². The van der Waals surface area contributed by atoms with Crippen LogP contribution in [0.15, 0.2) is 35.0 Å². The van der Waals surface area contributed by atoms with Crippen molar-refractivity contribution in [3.05, 3.63) is 47.7 Å². The number of fused-ring (bicyclic) bond motifs is 1. The Morgan fingerprint density at radius 2 is 2.09 bits per heavy atom. The third-order valence-corrected chi connectivity index (χ3v) is 4.71. The van der Waals surface area contributed by atoms with E-state index < -0.39 is 0 Å². The lowest BCUT2D eigenvalue weighted by atomic mass is 10.1. The first-order valence-electron chi connectivity index (χ1n) is 8.35. The lowest BCUT2D eigenvalue weighted by molar-refractivity contribution is 0.298. The monoisotopic (exact) mass is 310 g/mol. The van der Waals surface area contributed by atoms with Gasteiger partial charge in [0.05, 0.1) is 6.54 Å². The SMILES string of the molecule is CN(Cc1noc(C2CCCC2)n1)Cc1cccc2cc[nH]c12. The molecule has 0 radical (unpaired) electrons. The number of hydrogen-bond acceptors (Lipinski definition) is 4. The van der Waals surface area contributed by atoms with E-state index in [1.165, 1.54) is 42.1 Å². The van der Waals surface area contributed by atoms with Crippen LogP contribution in [0.2, 0.25) is 0 Å². The van der Waals surface area contributed by atoms with Gasteiger partial charge in [0.25, 0.3) is 0 Å². The Balaban J connectivity index is 1.43. The van der Waals surface area contributed by atoms with E-state index >= 15 is 0 Å². The summed E-state index contributed by atoms with van der Waals surface area (Å²) in [5.41, 5.74) is 2.49. The van der Waals surface area contributed by atoms with Gasteiger partial charge in [0, 0.05) is 24.2 Å². The predicted octanol–water partition coefficient (Wildman–Crippen LogP) is 3.84. The van der Waals surface area contributed by atoms with E-state index in [1.54, 1.807) is 0 Å². The molecule has 3 aromatic rings. The number of para-hydroxylation sites is 1. The molecule has 0 aliphatic heterocycles. The Morgan fingerprint density at radius 1 is 1.22 bits per heavy atom. The second-order valence-electron chi connectivity index (χ2n) is 6.56. The molecule has 5 heteroatoms. The zero-order chi connectivity index (χ0) is 15.6. The van der Waals surface area contributed by atoms with E-state index in [9.17, 15) is 0 Å². The number of aromatic amines is 1. The number of benzene rings is 1. The summed E-state index contributed by atoms with van der Waals surface area (Å²) in [5, 5.41) is 5.41. The van der Waals surface area contributed by atoms with Crippen LogP contribution < -0.4 is 0 Å². The molecule has 0 spiro atoms. The summed E-state index contributed by atoms with van der Waals surface area (Å²) in [6.45, 7) is 1.55. The summed E-state index contributed by atoms with van der Waals surface area (Å²) >= 11 is 0. The quantitative estimate of drug-likeness (QED) is 0.778. The Kier molecular flexibility index (Phi) is 3.87. The Morgan fingerprint density at radius 3 is 2.96 bits per heavy atom. The first-order chi connectivity index (χ1) is 11.3. The van der Waals surface area contributed by atoms with Gasteiger partial charge in [0.2, 0.25) is 5.89 Å². The van der Waals surface area contributed by atoms with Gasteiger partial charge in [-0.05, 0) is 36.9 Å². The molecule has 0 amide bonds. The molecule has 23 heavy (non-hydrogen) atoms. The lowest BCUT2D eigenvalue weighted by Crippen LogP contribution is -2.18. The summed E-state index contributed by atoms with van der Waals surface area (Å²) in [4.78, 5) is 10.1. The Bertz CT molecular complexity index is 785. The van der Waals surface area contributed by atoms with Crippen molar-refractivity contribution in [2.75, 3.05) is 7.05 Å². The largest absolute Gasteiger partial charge is 0.361 e. The number of hydrogen-bond donors (Lipinski definition) is 1. The molecule has 1 aromatic carbocycles. The van der Waals surface area contributed by atoms with Gasteiger partial charge in [-0.3, -0.25) is 4.90 Å². The molecule has 5 nitrogen and oxygen atoms in total. The highest BCUT2D eigenvalue weighted by atomic mass is 16.5. The summed E-state index contributed by atoms with van der Waals surface area (Å²) in [7, 11) is 2.09. The first kappa shape index (κ1) is 14.5. The minimum absolute atomic E-state index is 0.481. The number of nitrogens with one attached hydrogen (secondary N) is 1. The number of rotatable bonds is 5. The van der Waals surface area contributed by atoms with Crippen molar-refractivity contribution in [1.82, 2.24) is 20.0 Å². The molecule has 0 bridgehead atoms. The molecule has 2 heterocycles. The molecule has 0 unspecified atom stereocenters. The van der Waals surface area contributed by atoms with E-state index in [4.69, 9.17) is 4.52 Å². The normalized spacial score (nSPS) is 15.9. The van der Waals surface area contributed by atoms with E-state index in [-0.39, 0.29) is 0 Å². The van der Waals surface area contributed by atoms with Gasteiger partial charge in [-0.1, -0.05) is 36.2 Å². The van der Waals surface area contributed by atoms with Crippen LogP contribution in [0, 0.1) is 0 Å². The van der Waals surface area contributed by atoms with Gasteiger partial charge >= 0.3 is 0 Å². The van der Waals surface area contributed by atoms with Crippen LogP contribution in [0.1, 0.15) is 48.9 Å². The van der Waals surface area contributed by atoms with Crippen LogP contribution in [0.3, 0.4) is 0 Å². The number of nitrogens with zero attached hydrogens (tertiary/aromatic N) is 3. The Labute approximate surface area is 135 Å². The minimum Gasteiger partial charge on any atom is -0.361 e. The number of H-pyrrole nitrogens is 1. The maximum atomic E-state index is 5.46. The third kappa shape index (κ3) is 3.01. The average Bonchev–Trinajstić information content (AvgIpc) is 3.28. The zero-order valence-corrected chi connectivity index (χ0v) is 13.5. The predicted molar refractivity (Wildman–Crippen MR) is 89.0 cm³/mol. The van der Waals surface area contributed by atoms with Crippen molar-refractivity contribution in [3.63, 3.8) is 0 Å². The van der Waals surface area contributed by atoms with E-state index in [1.807, 2.05) is 6.20 Å². The summed E-state index contributed by atoms with van der Waals surface area (Å²) in [6, 6.07) is 8.50. The molecule has 0 saturated heterocycles. The maximum absolute atomic E-state index is 5.46. The molecule has 1 saturated carbocycles. The molecule has 0 atom stereocenters. The van der Waals surface area contributed by atoms with Crippen LogP contribution in [0.25, 0.3) is 10.9 Å². The molecular weight excluding hydrogens is 288 g/mol. The van der Waals surface area contributed by atoms with Crippen LogP contribution >= 0.6 is 0 Å². The third-order valence-electron chi connectivity index (χ3n) is 4.71. The van der Waals surface area contributed by atoms with E-state index in [0.29, 0.717) is 12.5 Å². The Hall–Kier alpha value is -2.14. The standard InChI is InChI=1S/C18H22N4O/c1-22(11-15-8-4-7-13-9-10-19-17(13)15)12-16-20-18(23-21-16)14-5-2-3-6-14/h4,7-10,14,19H,2-3,5-6,11-12H2,1H3. The van der Waals surface area contributed by atoms with Crippen LogP contribution in [0.4, 0.5) is 0 Å². The van der Waals surface area contributed by atoms with Gasteiger partial charge in [-0.15, -0.1) is 0 Å². The molecular formula is C18H22N4O. The highest BCUT2D eigenvalue weighted by Gasteiger charge is 2.23. The fraction of sp³-hybridized carbons (Fsp3) is 0.444. The molecule has 2 aromatic heterocycles. The molecule has 120 valence electrons. The van der Waals surface area contributed by atoms with Crippen LogP contribution in [-0.2, 0) is 13.1 Å². The minimum atomic E-state index is 0.481. The average molecular weight is 310 g/mol. The van der Waals surface area contributed by atoms with E-state index in [0.717, 1.165) is 18.3 Å². The summed E-state index contributed by atoms with van der Waals surface area (Å²) < 4.78 is 5.46. The van der Waals surface area contributed by atoms with Crippen molar-refractivity contribution < 1.29 is 4.52 Å².